The van der Waals surface area contributed by atoms with Crippen molar-refractivity contribution in [2.45, 2.75) is 26.9 Å². The number of ether oxygens (including phenoxy) is 1. The molecule has 0 spiro atoms. The Kier molecular flexibility index (Phi) is 12.1. The van der Waals surface area contributed by atoms with E-state index in [2.05, 4.69) is 20.9 Å². The van der Waals surface area contributed by atoms with Crippen molar-refractivity contribution in [3.63, 3.8) is 0 Å². The smallest absolute Gasteiger partial charge is 0.257 e. The first-order chi connectivity index (χ1) is 13.6. The molecule has 0 heterocycles. The molecule has 2 aromatic rings. The van der Waals surface area contributed by atoms with Crippen molar-refractivity contribution in [2.75, 3.05) is 19.7 Å². The quantitative estimate of drug-likeness (QED) is 0.262. The number of aliphatic imine (C=N–C) groups is 1. The van der Waals surface area contributed by atoms with E-state index in [9.17, 15) is 4.79 Å². The number of likely N-dealkylation sites (N-methyl/N-ethyl adjacent to an activating group) is 1. The molecule has 0 fully saturated rings. The number of nitrogens with zero attached hydrogens (tertiary/aromatic N) is 1. The van der Waals surface area contributed by atoms with Crippen molar-refractivity contribution in [2.24, 2.45) is 4.99 Å². The highest BCUT2D eigenvalue weighted by Gasteiger charge is 2.03. The van der Waals surface area contributed by atoms with Gasteiger partial charge in [0.25, 0.3) is 5.91 Å². The summed E-state index contributed by atoms with van der Waals surface area (Å²) in [5, 5.41) is 9.94. The number of rotatable bonds is 9. The highest BCUT2D eigenvalue weighted by molar-refractivity contribution is 14.0. The number of carbonyl (C=O) groups is 1. The van der Waals surface area contributed by atoms with Crippen LogP contribution < -0.4 is 20.7 Å². The van der Waals surface area contributed by atoms with Gasteiger partial charge in [0.15, 0.2) is 12.6 Å². The molecular weight excluding hydrogens is 503 g/mol. The van der Waals surface area contributed by atoms with Gasteiger partial charge in [-0.1, -0.05) is 35.9 Å². The number of hydrogen-bond donors (Lipinski definition) is 3. The Morgan fingerprint density at radius 1 is 1.00 bits per heavy atom. The topological polar surface area (TPSA) is 74.8 Å². The van der Waals surface area contributed by atoms with Crippen LogP contribution in [0.25, 0.3) is 0 Å². The molecule has 1 amide bonds. The molecule has 29 heavy (non-hydrogen) atoms. The lowest BCUT2D eigenvalue weighted by molar-refractivity contribution is -0.122. The number of hydrogen-bond acceptors (Lipinski definition) is 3. The summed E-state index contributed by atoms with van der Waals surface area (Å²) in [4.78, 5) is 16.1. The van der Waals surface area contributed by atoms with Crippen molar-refractivity contribution in [1.82, 2.24) is 16.0 Å². The Hall–Kier alpha value is -2.00. The Morgan fingerprint density at radius 2 is 1.72 bits per heavy atom. The van der Waals surface area contributed by atoms with Crippen LogP contribution in [0.3, 0.4) is 0 Å². The minimum absolute atomic E-state index is 0. The Morgan fingerprint density at radius 3 is 2.45 bits per heavy atom. The minimum atomic E-state index is -0.131. The fourth-order valence-corrected chi connectivity index (χ4v) is 2.69. The molecule has 0 aliphatic rings. The number of guanidine groups is 1. The van der Waals surface area contributed by atoms with E-state index < -0.39 is 0 Å². The van der Waals surface area contributed by atoms with Crippen LogP contribution in [0.2, 0.25) is 5.02 Å². The highest BCUT2D eigenvalue weighted by Crippen LogP contribution is 2.13. The van der Waals surface area contributed by atoms with Gasteiger partial charge in [-0.2, -0.15) is 0 Å². The summed E-state index contributed by atoms with van der Waals surface area (Å²) in [6.07, 6.45) is 0. The van der Waals surface area contributed by atoms with E-state index in [1.165, 1.54) is 0 Å². The lowest BCUT2D eigenvalue weighted by Crippen LogP contribution is -2.36. The van der Waals surface area contributed by atoms with Crippen LogP contribution in [-0.2, 0) is 17.9 Å². The lowest BCUT2D eigenvalue weighted by Gasteiger charge is -2.12. The molecule has 2 aromatic carbocycles. The van der Waals surface area contributed by atoms with Crippen LogP contribution in [0, 0.1) is 0 Å². The first kappa shape index (κ1) is 25.0. The predicted molar refractivity (Wildman–Crippen MR) is 129 cm³/mol. The van der Waals surface area contributed by atoms with E-state index in [1.54, 1.807) is 0 Å². The van der Waals surface area contributed by atoms with Gasteiger partial charge >= 0.3 is 0 Å². The molecule has 0 atom stereocenters. The van der Waals surface area contributed by atoms with Crippen LogP contribution in [0.4, 0.5) is 0 Å². The summed E-state index contributed by atoms with van der Waals surface area (Å²) in [6, 6.07) is 15.3. The van der Waals surface area contributed by atoms with E-state index in [1.807, 2.05) is 62.4 Å². The molecule has 0 aliphatic heterocycles. The molecule has 0 saturated heterocycles. The van der Waals surface area contributed by atoms with Gasteiger partial charge in [-0.15, -0.1) is 24.0 Å². The number of nitrogens with one attached hydrogen (secondary N) is 3. The molecule has 0 unspecified atom stereocenters. The van der Waals surface area contributed by atoms with E-state index in [-0.39, 0.29) is 36.5 Å². The third-order valence-corrected chi connectivity index (χ3v) is 3.99. The monoisotopic (exact) mass is 530 g/mol. The molecule has 0 radical (unpaired) electrons. The highest BCUT2D eigenvalue weighted by atomic mass is 127. The summed E-state index contributed by atoms with van der Waals surface area (Å²) in [5.74, 6) is 1.25. The van der Waals surface area contributed by atoms with Gasteiger partial charge in [-0.3, -0.25) is 4.79 Å². The van der Waals surface area contributed by atoms with E-state index in [0.717, 1.165) is 23.6 Å². The zero-order valence-corrected chi connectivity index (χ0v) is 19.8. The Labute approximate surface area is 194 Å². The molecule has 158 valence electrons. The zero-order chi connectivity index (χ0) is 20.2. The second-order valence-electron chi connectivity index (χ2n) is 6.07. The number of carbonyl (C=O) groups excluding carboxylic acids is 1. The molecule has 0 aromatic heterocycles. The number of halogens is 2. The molecule has 0 saturated carbocycles. The molecule has 3 N–H and O–H groups in total. The van der Waals surface area contributed by atoms with Gasteiger partial charge in [-0.05, 0) is 49.2 Å². The van der Waals surface area contributed by atoms with Crippen LogP contribution in [0.15, 0.2) is 53.5 Å². The Balaban J connectivity index is 0.00000420. The summed E-state index contributed by atoms with van der Waals surface area (Å²) >= 11 is 6.02. The van der Waals surface area contributed by atoms with Crippen LogP contribution in [0.1, 0.15) is 25.0 Å². The van der Waals surface area contributed by atoms with Crippen LogP contribution >= 0.6 is 35.6 Å². The van der Waals surface area contributed by atoms with Gasteiger partial charge in [-0.25, -0.2) is 4.99 Å². The number of benzene rings is 2. The maximum Gasteiger partial charge on any atom is 0.257 e. The molecular formula is C21H28ClIN4O2. The average molecular weight is 531 g/mol. The predicted octanol–water partition coefficient (Wildman–Crippen LogP) is 3.73. The summed E-state index contributed by atoms with van der Waals surface area (Å²) in [7, 11) is 0. The van der Waals surface area contributed by atoms with Crippen LogP contribution in [0.5, 0.6) is 5.75 Å². The van der Waals surface area contributed by atoms with E-state index in [4.69, 9.17) is 16.3 Å². The standard InChI is InChI=1S/C21H27ClN4O2.HI/c1-3-23-20(27)15-28-19-10-6-8-17(12-19)14-26-21(24-4-2)25-13-16-7-5-9-18(22)11-16;/h5-12H,3-4,13-15H2,1-2H3,(H,23,27)(H2,24,25,26);1H. The van der Waals surface area contributed by atoms with Gasteiger partial charge in [0.05, 0.1) is 6.54 Å². The van der Waals surface area contributed by atoms with Crippen molar-refractivity contribution in [3.05, 3.63) is 64.7 Å². The summed E-state index contributed by atoms with van der Waals surface area (Å²) < 4.78 is 5.53. The van der Waals surface area contributed by atoms with Crippen molar-refractivity contribution >= 4 is 47.4 Å². The summed E-state index contributed by atoms with van der Waals surface area (Å²) in [6.45, 7) is 6.37. The van der Waals surface area contributed by atoms with Crippen LogP contribution in [-0.4, -0.2) is 31.6 Å². The second kappa shape index (κ2) is 14.1. The zero-order valence-electron chi connectivity index (χ0n) is 16.7. The largest absolute Gasteiger partial charge is 0.484 e. The van der Waals surface area contributed by atoms with Crippen molar-refractivity contribution < 1.29 is 9.53 Å². The molecule has 6 nitrogen and oxygen atoms in total. The fraction of sp³-hybridized carbons (Fsp3) is 0.333. The van der Waals surface area contributed by atoms with E-state index >= 15 is 0 Å². The van der Waals surface area contributed by atoms with Crippen molar-refractivity contribution in [3.8, 4) is 5.75 Å². The maximum atomic E-state index is 11.5. The normalized spacial score (nSPS) is 10.7. The number of amides is 1. The third kappa shape index (κ3) is 9.85. The van der Waals surface area contributed by atoms with Gasteiger partial charge in [0, 0.05) is 24.7 Å². The Bertz CT molecular complexity index is 802. The van der Waals surface area contributed by atoms with E-state index in [0.29, 0.717) is 30.4 Å². The molecule has 0 aliphatic carbocycles. The third-order valence-electron chi connectivity index (χ3n) is 3.76. The SMILES string of the molecule is CCNC(=O)COc1cccc(CNC(=NCc2cccc(Cl)c2)NCC)c1.I. The summed E-state index contributed by atoms with van der Waals surface area (Å²) in [5.41, 5.74) is 2.08. The lowest BCUT2D eigenvalue weighted by atomic mass is 10.2. The van der Waals surface area contributed by atoms with Gasteiger partial charge in [0.2, 0.25) is 0 Å². The second-order valence-corrected chi connectivity index (χ2v) is 6.50. The average Bonchev–Trinajstić information content (AvgIpc) is 2.69. The van der Waals surface area contributed by atoms with Gasteiger partial charge in [0.1, 0.15) is 5.75 Å². The molecule has 0 bridgehead atoms. The van der Waals surface area contributed by atoms with Crippen molar-refractivity contribution in [1.29, 1.82) is 0 Å². The molecule has 2 rings (SSSR count). The van der Waals surface area contributed by atoms with Gasteiger partial charge < -0.3 is 20.7 Å². The first-order valence-electron chi connectivity index (χ1n) is 9.35. The fourth-order valence-electron chi connectivity index (χ4n) is 2.48. The maximum absolute atomic E-state index is 11.5. The molecule has 8 heteroatoms. The first-order valence-corrected chi connectivity index (χ1v) is 9.73. The minimum Gasteiger partial charge on any atom is -0.484 e.